The average Bonchev–Trinajstić information content (AvgIpc) is 2.87. The van der Waals surface area contributed by atoms with E-state index in [4.69, 9.17) is 5.11 Å². The first kappa shape index (κ1) is 19.9. The summed E-state index contributed by atoms with van der Waals surface area (Å²) < 4.78 is 0. The number of aromatic carboxylic acids is 2. The van der Waals surface area contributed by atoms with E-state index >= 15 is 0 Å². The van der Waals surface area contributed by atoms with Gasteiger partial charge in [0.2, 0.25) is 0 Å². The van der Waals surface area contributed by atoms with Crippen molar-refractivity contribution in [1.29, 1.82) is 0 Å². The number of carboxylic acids is 2. The Kier molecular flexibility index (Phi) is 11.0. The third-order valence-corrected chi connectivity index (χ3v) is 1.90. The molecule has 4 N–H and O–H groups in total. The van der Waals surface area contributed by atoms with Gasteiger partial charge in [-0.3, -0.25) is 5.32 Å². The van der Waals surface area contributed by atoms with Crippen molar-refractivity contribution in [2.24, 2.45) is 0 Å². The molecule has 19 heavy (non-hydrogen) atoms. The quantitative estimate of drug-likeness (QED) is 0.534. The van der Waals surface area contributed by atoms with Gasteiger partial charge in [0.25, 0.3) is 0 Å². The zero-order valence-corrected chi connectivity index (χ0v) is 12.3. The summed E-state index contributed by atoms with van der Waals surface area (Å²) in [6, 6.07) is 5.00. The minimum atomic E-state index is -1.38. The predicted molar refractivity (Wildman–Crippen MR) is 59.9 cm³/mol. The van der Waals surface area contributed by atoms with E-state index in [2.05, 4.69) is 0 Å². The average molecular weight is 273 g/mol. The van der Waals surface area contributed by atoms with Crippen LogP contribution in [0.15, 0.2) is 48.8 Å². The third kappa shape index (κ3) is 7.55. The van der Waals surface area contributed by atoms with Crippen LogP contribution in [0.3, 0.4) is 0 Å². The van der Waals surface area contributed by atoms with Crippen molar-refractivity contribution >= 4 is 11.9 Å². The minimum absolute atomic E-state index is 0. The molecular formula is C12H12NNaO5. The molecule has 1 aromatic carbocycles. The van der Waals surface area contributed by atoms with Crippen molar-refractivity contribution < 1.29 is 60.2 Å². The van der Waals surface area contributed by atoms with E-state index in [1.165, 1.54) is 18.2 Å². The Hall–Kier alpha value is -1.44. The van der Waals surface area contributed by atoms with Crippen LogP contribution in [0.25, 0.3) is 0 Å². The van der Waals surface area contributed by atoms with E-state index in [1.54, 1.807) is 0 Å². The molecule has 0 atom stereocenters. The fourth-order valence-corrected chi connectivity index (χ4v) is 1.10. The van der Waals surface area contributed by atoms with Gasteiger partial charge in [-0.2, -0.15) is 0 Å². The van der Waals surface area contributed by atoms with Gasteiger partial charge in [0, 0.05) is 0 Å². The number of carbonyl (C=O) groups is 2. The topological polar surface area (TPSA) is 124 Å². The molecule has 0 aromatic heterocycles. The number of hydrogen-bond acceptors (Lipinski definition) is 4. The molecule has 0 radical (unpaired) electrons. The molecule has 1 heterocycles. The van der Waals surface area contributed by atoms with Gasteiger partial charge >= 0.3 is 35.5 Å². The van der Waals surface area contributed by atoms with E-state index in [-0.39, 0.29) is 46.2 Å². The molecule has 0 amide bonds. The second-order valence-corrected chi connectivity index (χ2v) is 3.14. The smallest absolute Gasteiger partial charge is 0.870 e. The summed E-state index contributed by atoms with van der Waals surface area (Å²) in [4.78, 5) is 20.6. The summed E-state index contributed by atoms with van der Waals surface area (Å²) in [7, 11) is 0. The van der Waals surface area contributed by atoms with Crippen LogP contribution in [0.1, 0.15) is 20.7 Å². The van der Waals surface area contributed by atoms with Crippen LogP contribution >= 0.6 is 0 Å². The number of carbonyl (C=O) groups excluding carboxylic acids is 1. The molecule has 0 saturated heterocycles. The zero-order chi connectivity index (χ0) is 12.7. The Morgan fingerprint density at radius 3 is 2.00 bits per heavy atom. The summed E-state index contributed by atoms with van der Waals surface area (Å²) in [5.74, 6) is -2.53. The molecule has 1 aromatic rings. The first-order valence-corrected chi connectivity index (χ1v) is 4.82. The Bertz CT molecular complexity index is 446. The Balaban J connectivity index is 0. The van der Waals surface area contributed by atoms with Crippen LogP contribution in [-0.2, 0) is 0 Å². The van der Waals surface area contributed by atoms with E-state index in [1.807, 2.05) is 29.9 Å². The van der Waals surface area contributed by atoms with E-state index in [0.29, 0.717) is 0 Å². The first-order valence-electron chi connectivity index (χ1n) is 4.82. The van der Waals surface area contributed by atoms with Crippen LogP contribution in [0.5, 0.6) is 0 Å². The largest absolute Gasteiger partial charge is 1.00 e. The van der Waals surface area contributed by atoms with Gasteiger partial charge in [0.05, 0.1) is 23.9 Å². The second kappa shape index (κ2) is 10.5. The zero-order valence-electron chi connectivity index (χ0n) is 10.3. The molecule has 0 spiro atoms. The summed E-state index contributed by atoms with van der Waals surface area (Å²) in [5.41, 5.74) is -0.188. The minimum Gasteiger partial charge on any atom is -0.870 e. The molecule has 1 aliphatic rings. The van der Waals surface area contributed by atoms with Crippen molar-refractivity contribution in [3.05, 3.63) is 59.9 Å². The Labute approximate surface area is 132 Å². The first-order chi connectivity index (χ1) is 8.11. The van der Waals surface area contributed by atoms with Gasteiger partial charge in [0.15, 0.2) is 0 Å². The molecule has 6 nitrogen and oxygen atoms in total. The number of rotatable bonds is 2. The van der Waals surface area contributed by atoms with Gasteiger partial charge in [-0.25, -0.2) is 4.79 Å². The van der Waals surface area contributed by atoms with E-state index in [0.717, 1.165) is 6.07 Å². The number of allylic oxidation sites excluding steroid dienone is 2. The van der Waals surface area contributed by atoms with Crippen LogP contribution in [0.4, 0.5) is 0 Å². The number of nitrogens with two attached hydrogens (primary N) is 1. The van der Waals surface area contributed by atoms with Crippen molar-refractivity contribution in [2.45, 2.75) is 0 Å². The van der Waals surface area contributed by atoms with Crippen molar-refractivity contribution in [3.63, 3.8) is 0 Å². The number of benzene rings is 1. The maximum Gasteiger partial charge on any atom is 1.00 e. The van der Waals surface area contributed by atoms with Crippen LogP contribution in [-0.4, -0.2) is 22.5 Å². The van der Waals surface area contributed by atoms with Gasteiger partial charge in [-0.05, 0) is 29.8 Å². The molecule has 0 saturated carbocycles. The van der Waals surface area contributed by atoms with Crippen LogP contribution < -0.4 is 40.0 Å². The maximum absolute atomic E-state index is 10.4. The SMILES string of the molecule is C1=C[NH2+]C=C1.O=C([O-])c1cccc(C(=O)O)c1.[Na+].[OH-]. The normalized spacial score (nSPS) is 10.5. The van der Waals surface area contributed by atoms with Gasteiger partial charge in [-0.15, -0.1) is 0 Å². The van der Waals surface area contributed by atoms with E-state index in [9.17, 15) is 14.7 Å². The van der Waals surface area contributed by atoms with Crippen molar-refractivity contribution in [1.82, 2.24) is 0 Å². The molecule has 0 fully saturated rings. The van der Waals surface area contributed by atoms with Crippen LogP contribution in [0.2, 0.25) is 0 Å². The predicted octanol–water partition coefficient (Wildman–Crippen LogP) is -3.83. The monoisotopic (exact) mass is 273 g/mol. The molecule has 0 unspecified atom stereocenters. The van der Waals surface area contributed by atoms with E-state index < -0.39 is 11.9 Å². The summed E-state index contributed by atoms with van der Waals surface area (Å²) in [6.07, 6.45) is 8.00. The van der Waals surface area contributed by atoms with Crippen LogP contribution in [0, 0.1) is 0 Å². The summed E-state index contributed by atoms with van der Waals surface area (Å²) >= 11 is 0. The molecule has 1 aliphatic heterocycles. The third-order valence-electron chi connectivity index (χ3n) is 1.90. The standard InChI is InChI=1S/C8H6O4.C4H5N.Na.H2O/c9-7(10)5-2-1-3-6(4-5)8(11)12;1-2-4-5-3-1;;/h1-4H,(H,9,10)(H,11,12);1-5H;;1H2/q;;+1;/p-1. The number of quaternary nitrogens is 1. The summed E-state index contributed by atoms with van der Waals surface area (Å²) in [6.45, 7) is 0. The Morgan fingerprint density at radius 2 is 1.63 bits per heavy atom. The van der Waals surface area contributed by atoms with Crippen molar-refractivity contribution in [2.75, 3.05) is 0 Å². The van der Waals surface area contributed by atoms with Gasteiger partial charge in [0.1, 0.15) is 0 Å². The summed E-state index contributed by atoms with van der Waals surface area (Å²) in [5, 5.41) is 20.7. The van der Waals surface area contributed by atoms with Crippen molar-refractivity contribution in [3.8, 4) is 0 Å². The molecule has 96 valence electrons. The fourth-order valence-electron chi connectivity index (χ4n) is 1.10. The molecule has 2 rings (SSSR count). The number of carboxylic acid groups (broad SMARTS) is 2. The maximum atomic E-state index is 10.4. The molecular weight excluding hydrogens is 261 g/mol. The molecule has 0 bridgehead atoms. The molecule has 7 heteroatoms. The van der Waals surface area contributed by atoms with Gasteiger partial charge in [-0.1, -0.05) is 12.1 Å². The number of hydrogen-bond donors (Lipinski definition) is 2. The fraction of sp³-hybridized carbons (Fsp3) is 0. The Morgan fingerprint density at radius 1 is 1.11 bits per heavy atom. The van der Waals surface area contributed by atoms with Gasteiger partial charge < -0.3 is 20.5 Å². The molecule has 0 aliphatic carbocycles. The second-order valence-electron chi connectivity index (χ2n) is 3.14.